The molecule has 0 spiro atoms. The van der Waals surface area contributed by atoms with E-state index < -0.39 is 5.97 Å². The van der Waals surface area contributed by atoms with Gasteiger partial charge in [0.1, 0.15) is 5.75 Å². The molecular formula is C30H32N4O4. The topological polar surface area (TPSA) is 105 Å². The predicted molar refractivity (Wildman–Crippen MR) is 147 cm³/mol. The Kier molecular flexibility index (Phi) is 8.43. The van der Waals surface area contributed by atoms with Gasteiger partial charge in [0.2, 0.25) is 0 Å². The molecule has 0 aliphatic heterocycles. The van der Waals surface area contributed by atoms with Gasteiger partial charge in [0.15, 0.2) is 0 Å². The number of rotatable bonds is 10. The largest absolute Gasteiger partial charge is 0.496 e. The average Bonchev–Trinajstić information content (AvgIpc) is 3.36. The van der Waals surface area contributed by atoms with Gasteiger partial charge < -0.3 is 20.5 Å². The van der Waals surface area contributed by atoms with Gasteiger partial charge in [-0.25, -0.2) is 4.79 Å². The number of ether oxygens (including phenoxy) is 1. The van der Waals surface area contributed by atoms with Crippen LogP contribution in [0.2, 0.25) is 0 Å². The average molecular weight is 513 g/mol. The SMILES string of the molecule is CCC(NC(=O)NCc1ccccc1)c1cc(-c2cnn(C)c2)ccc1-c1cc(CC(=O)O)ccc1OC. The van der Waals surface area contributed by atoms with Gasteiger partial charge in [-0.3, -0.25) is 9.48 Å². The fourth-order valence-electron chi connectivity index (χ4n) is 4.48. The quantitative estimate of drug-likeness (QED) is 0.266. The van der Waals surface area contributed by atoms with Crippen LogP contribution in [0.25, 0.3) is 22.3 Å². The second-order valence-corrected chi connectivity index (χ2v) is 9.08. The molecule has 2 amide bonds. The number of urea groups is 1. The van der Waals surface area contributed by atoms with Crippen LogP contribution in [-0.2, 0) is 24.8 Å². The minimum Gasteiger partial charge on any atom is -0.496 e. The normalized spacial score (nSPS) is 11.6. The fraction of sp³-hybridized carbons (Fsp3) is 0.233. The molecule has 1 heterocycles. The Bertz CT molecular complexity index is 1420. The van der Waals surface area contributed by atoms with Crippen molar-refractivity contribution in [3.05, 3.63) is 95.8 Å². The third kappa shape index (κ3) is 6.39. The molecule has 0 aliphatic carbocycles. The summed E-state index contributed by atoms with van der Waals surface area (Å²) in [5.41, 5.74) is 6.11. The molecule has 0 radical (unpaired) electrons. The van der Waals surface area contributed by atoms with Crippen molar-refractivity contribution in [1.29, 1.82) is 0 Å². The number of benzene rings is 3. The fourth-order valence-corrected chi connectivity index (χ4v) is 4.48. The highest BCUT2D eigenvalue weighted by Gasteiger charge is 2.21. The Hall–Kier alpha value is -4.59. The molecule has 3 aromatic carbocycles. The lowest BCUT2D eigenvalue weighted by Crippen LogP contribution is -2.37. The molecule has 8 nitrogen and oxygen atoms in total. The van der Waals surface area contributed by atoms with Crippen molar-refractivity contribution in [1.82, 2.24) is 20.4 Å². The van der Waals surface area contributed by atoms with Crippen molar-refractivity contribution in [2.75, 3.05) is 7.11 Å². The molecule has 1 atom stereocenters. The number of aromatic nitrogens is 2. The van der Waals surface area contributed by atoms with Crippen molar-refractivity contribution in [3.63, 3.8) is 0 Å². The van der Waals surface area contributed by atoms with Crippen LogP contribution in [0.15, 0.2) is 79.1 Å². The monoisotopic (exact) mass is 512 g/mol. The molecule has 0 aliphatic rings. The lowest BCUT2D eigenvalue weighted by Gasteiger charge is -2.23. The molecule has 1 aromatic heterocycles. The summed E-state index contributed by atoms with van der Waals surface area (Å²) in [5, 5.41) is 19.7. The van der Waals surface area contributed by atoms with Crippen LogP contribution in [0.4, 0.5) is 4.79 Å². The zero-order valence-corrected chi connectivity index (χ0v) is 21.8. The van der Waals surface area contributed by atoms with Gasteiger partial charge in [-0.2, -0.15) is 5.10 Å². The first kappa shape index (κ1) is 26.5. The van der Waals surface area contributed by atoms with Gasteiger partial charge in [0.05, 0.1) is 25.8 Å². The van der Waals surface area contributed by atoms with Gasteiger partial charge in [-0.05, 0) is 52.4 Å². The van der Waals surface area contributed by atoms with Gasteiger partial charge >= 0.3 is 12.0 Å². The number of amides is 2. The van der Waals surface area contributed by atoms with E-state index >= 15 is 0 Å². The number of carbonyl (C=O) groups excluding carboxylic acids is 1. The Labute approximate surface area is 222 Å². The van der Waals surface area contributed by atoms with E-state index in [1.165, 1.54) is 0 Å². The molecule has 196 valence electrons. The Morgan fingerprint density at radius 2 is 1.79 bits per heavy atom. The van der Waals surface area contributed by atoms with Crippen LogP contribution in [0.3, 0.4) is 0 Å². The summed E-state index contributed by atoms with van der Waals surface area (Å²) >= 11 is 0. The highest BCUT2D eigenvalue weighted by atomic mass is 16.5. The first-order chi connectivity index (χ1) is 18.4. The van der Waals surface area contributed by atoms with E-state index in [-0.39, 0.29) is 18.5 Å². The second kappa shape index (κ2) is 12.1. The number of hydrogen-bond acceptors (Lipinski definition) is 4. The zero-order chi connectivity index (χ0) is 27.1. The minimum atomic E-state index is -0.906. The summed E-state index contributed by atoms with van der Waals surface area (Å²) in [4.78, 5) is 24.3. The number of carboxylic acids is 1. The molecule has 4 aromatic rings. The lowest BCUT2D eigenvalue weighted by molar-refractivity contribution is -0.136. The summed E-state index contributed by atoms with van der Waals surface area (Å²) in [5.74, 6) is -0.283. The van der Waals surface area contributed by atoms with E-state index in [9.17, 15) is 14.7 Å². The van der Waals surface area contributed by atoms with E-state index in [4.69, 9.17) is 4.74 Å². The molecule has 3 N–H and O–H groups in total. The van der Waals surface area contributed by atoms with Gasteiger partial charge in [-0.15, -0.1) is 0 Å². The Morgan fingerprint density at radius 3 is 2.45 bits per heavy atom. The van der Waals surface area contributed by atoms with E-state index in [0.29, 0.717) is 24.3 Å². The van der Waals surface area contributed by atoms with E-state index in [1.54, 1.807) is 30.1 Å². The maximum Gasteiger partial charge on any atom is 0.315 e. The van der Waals surface area contributed by atoms with Crippen molar-refractivity contribution >= 4 is 12.0 Å². The van der Waals surface area contributed by atoms with Gasteiger partial charge in [0, 0.05) is 30.9 Å². The minimum absolute atomic E-state index is 0.0998. The lowest BCUT2D eigenvalue weighted by atomic mass is 9.89. The van der Waals surface area contributed by atoms with Crippen molar-refractivity contribution < 1.29 is 19.4 Å². The van der Waals surface area contributed by atoms with Crippen molar-refractivity contribution in [2.45, 2.75) is 32.4 Å². The van der Waals surface area contributed by atoms with E-state index in [0.717, 1.165) is 33.4 Å². The molecule has 0 bridgehead atoms. The number of hydrogen-bond donors (Lipinski definition) is 3. The Balaban J connectivity index is 1.73. The number of nitrogens with zero attached hydrogens (tertiary/aromatic N) is 2. The number of carbonyl (C=O) groups is 2. The van der Waals surface area contributed by atoms with Crippen LogP contribution in [-0.4, -0.2) is 34.0 Å². The molecule has 1 unspecified atom stereocenters. The third-order valence-electron chi connectivity index (χ3n) is 6.38. The summed E-state index contributed by atoms with van der Waals surface area (Å²) in [6.07, 6.45) is 4.28. The third-order valence-corrected chi connectivity index (χ3v) is 6.38. The number of aliphatic carboxylic acids is 1. The van der Waals surface area contributed by atoms with Crippen molar-refractivity contribution in [2.24, 2.45) is 7.05 Å². The van der Waals surface area contributed by atoms with Gasteiger partial charge in [-0.1, -0.05) is 55.5 Å². The van der Waals surface area contributed by atoms with E-state index in [2.05, 4.69) is 21.8 Å². The number of aryl methyl sites for hydroxylation is 1. The summed E-state index contributed by atoms with van der Waals surface area (Å²) in [7, 11) is 3.46. The summed E-state index contributed by atoms with van der Waals surface area (Å²) in [6, 6.07) is 20.6. The maximum atomic E-state index is 12.9. The molecule has 0 saturated carbocycles. The predicted octanol–water partition coefficient (Wildman–Crippen LogP) is 5.34. The Morgan fingerprint density at radius 1 is 1.00 bits per heavy atom. The summed E-state index contributed by atoms with van der Waals surface area (Å²) < 4.78 is 7.40. The van der Waals surface area contributed by atoms with Crippen LogP contribution < -0.4 is 15.4 Å². The zero-order valence-electron chi connectivity index (χ0n) is 21.8. The van der Waals surface area contributed by atoms with Crippen LogP contribution in [0, 0.1) is 0 Å². The molecular weight excluding hydrogens is 480 g/mol. The first-order valence-corrected chi connectivity index (χ1v) is 12.5. The summed E-state index contributed by atoms with van der Waals surface area (Å²) in [6.45, 7) is 2.43. The smallest absolute Gasteiger partial charge is 0.315 e. The molecule has 4 rings (SSSR count). The number of carboxylic acid groups (broad SMARTS) is 1. The van der Waals surface area contributed by atoms with E-state index in [1.807, 2.05) is 68.7 Å². The second-order valence-electron chi connectivity index (χ2n) is 9.08. The number of nitrogens with one attached hydrogen (secondary N) is 2. The standard InChI is InChI=1S/C30H32N4O4/c1-4-27(33-30(37)31-17-20-8-6-5-7-9-20)25-16-22(23-18-32-34(2)19-23)11-12-24(25)26-14-21(15-29(35)36)10-13-28(26)38-3/h5-14,16,18-19,27H,4,15,17H2,1-3H3,(H,35,36)(H2,31,33,37). The molecule has 38 heavy (non-hydrogen) atoms. The highest BCUT2D eigenvalue weighted by Crippen LogP contribution is 2.38. The first-order valence-electron chi connectivity index (χ1n) is 12.5. The highest BCUT2D eigenvalue weighted by molar-refractivity contribution is 5.81. The number of methoxy groups -OCH3 is 1. The van der Waals surface area contributed by atoms with Crippen LogP contribution in [0.5, 0.6) is 5.75 Å². The molecule has 8 heteroatoms. The van der Waals surface area contributed by atoms with Crippen LogP contribution >= 0.6 is 0 Å². The van der Waals surface area contributed by atoms with Gasteiger partial charge in [0.25, 0.3) is 0 Å². The molecule has 0 fully saturated rings. The van der Waals surface area contributed by atoms with Crippen LogP contribution in [0.1, 0.15) is 36.1 Å². The molecule has 0 saturated heterocycles. The maximum absolute atomic E-state index is 12.9. The van der Waals surface area contributed by atoms with Crippen molar-refractivity contribution in [3.8, 4) is 28.0 Å².